The minimum absolute atomic E-state index is 0.759. The van der Waals surface area contributed by atoms with Crippen LogP contribution in [0.2, 0.25) is 0 Å². The van der Waals surface area contributed by atoms with Gasteiger partial charge in [-0.2, -0.15) is 0 Å². The Morgan fingerprint density at radius 1 is 1.15 bits per heavy atom. The Morgan fingerprint density at radius 3 is 2.69 bits per heavy atom. The summed E-state index contributed by atoms with van der Waals surface area (Å²) in [6.07, 6.45) is 0. The van der Waals surface area contributed by atoms with Crippen molar-refractivity contribution in [2.45, 2.75) is 0 Å². The number of ether oxygens (including phenoxy) is 1. The molecule has 0 aliphatic carbocycles. The van der Waals surface area contributed by atoms with Crippen molar-refractivity contribution in [3.8, 4) is 5.75 Å². The minimum Gasteiger partial charge on any atom is -0.497 e. The molecule has 0 heterocycles. The Labute approximate surface area is 76.9 Å². The molecular formula is C11H11NO. The highest BCUT2D eigenvalue weighted by Crippen LogP contribution is 2.26. The smallest absolute Gasteiger partial charge is 0.121 e. The molecule has 2 N–H and O–H groups in total. The predicted molar refractivity (Wildman–Crippen MR) is 54.9 cm³/mol. The maximum absolute atomic E-state index is 5.85. The van der Waals surface area contributed by atoms with Crippen molar-refractivity contribution in [1.82, 2.24) is 0 Å². The van der Waals surface area contributed by atoms with Crippen LogP contribution in [0.4, 0.5) is 5.69 Å². The van der Waals surface area contributed by atoms with Gasteiger partial charge in [-0.3, -0.25) is 0 Å². The van der Waals surface area contributed by atoms with Crippen LogP contribution in [0.15, 0.2) is 36.4 Å². The van der Waals surface area contributed by atoms with Gasteiger partial charge in [0.15, 0.2) is 0 Å². The van der Waals surface area contributed by atoms with Crippen LogP contribution in [0.3, 0.4) is 0 Å². The van der Waals surface area contributed by atoms with E-state index in [1.165, 1.54) is 0 Å². The zero-order valence-electron chi connectivity index (χ0n) is 7.45. The normalized spacial score (nSPS) is 10.2. The largest absolute Gasteiger partial charge is 0.497 e. The first-order chi connectivity index (χ1) is 6.31. The second-order valence-electron chi connectivity index (χ2n) is 2.94. The fourth-order valence-corrected chi connectivity index (χ4v) is 1.43. The molecule has 0 bridgehead atoms. The lowest BCUT2D eigenvalue weighted by atomic mass is 10.1. The van der Waals surface area contributed by atoms with Crippen LogP contribution >= 0.6 is 0 Å². The van der Waals surface area contributed by atoms with Crippen LogP contribution in [0.5, 0.6) is 5.75 Å². The molecule has 0 aromatic heterocycles. The van der Waals surface area contributed by atoms with E-state index in [9.17, 15) is 0 Å². The van der Waals surface area contributed by atoms with Crippen LogP contribution < -0.4 is 10.5 Å². The summed E-state index contributed by atoms with van der Waals surface area (Å²) in [6.45, 7) is 0. The zero-order chi connectivity index (χ0) is 9.26. The topological polar surface area (TPSA) is 35.2 Å². The van der Waals surface area contributed by atoms with Gasteiger partial charge in [-0.05, 0) is 11.5 Å². The molecule has 0 amide bonds. The predicted octanol–water partition coefficient (Wildman–Crippen LogP) is 2.43. The molecule has 0 saturated carbocycles. The lowest BCUT2D eigenvalue weighted by Gasteiger charge is -2.05. The van der Waals surface area contributed by atoms with Gasteiger partial charge >= 0.3 is 0 Å². The summed E-state index contributed by atoms with van der Waals surface area (Å²) < 4.78 is 5.12. The molecule has 66 valence electrons. The molecule has 13 heavy (non-hydrogen) atoms. The number of rotatable bonds is 1. The van der Waals surface area contributed by atoms with Gasteiger partial charge in [-0.15, -0.1) is 0 Å². The summed E-state index contributed by atoms with van der Waals surface area (Å²) in [4.78, 5) is 0. The van der Waals surface area contributed by atoms with Crippen LogP contribution in [0.25, 0.3) is 10.8 Å². The van der Waals surface area contributed by atoms with E-state index < -0.39 is 0 Å². The van der Waals surface area contributed by atoms with Crippen molar-refractivity contribution in [2.75, 3.05) is 12.8 Å². The van der Waals surface area contributed by atoms with Gasteiger partial charge in [0.2, 0.25) is 0 Å². The molecule has 2 nitrogen and oxygen atoms in total. The summed E-state index contributed by atoms with van der Waals surface area (Å²) in [6, 6.07) is 11.8. The number of hydrogen-bond acceptors (Lipinski definition) is 2. The molecule has 2 heteroatoms. The van der Waals surface area contributed by atoms with E-state index >= 15 is 0 Å². The highest BCUT2D eigenvalue weighted by Gasteiger charge is 1.99. The van der Waals surface area contributed by atoms with Gasteiger partial charge in [0.05, 0.1) is 7.11 Å². The molecule has 2 rings (SSSR count). The third kappa shape index (κ3) is 1.31. The molecule has 0 aliphatic heterocycles. The van der Waals surface area contributed by atoms with E-state index in [2.05, 4.69) is 0 Å². The summed E-state index contributed by atoms with van der Waals surface area (Å²) in [5.41, 5.74) is 6.61. The number of benzene rings is 2. The maximum atomic E-state index is 5.85. The Kier molecular flexibility index (Phi) is 1.81. The number of anilines is 1. The fourth-order valence-electron chi connectivity index (χ4n) is 1.43. The van der Waals surface area contributed by atoms with E-state index in [0.717, 1.165) is 22.2 Å². The molecule has 0 radical (unpaired) electrons. The van der Waals surface area contributed by atoms with E-state index in [1.807, 2.05) is 36.4 Å². The van der Waals surface area contributed by atoms with Crippen molar-refractivity contribution >= 4 is 16.5 Å². The van der Waals surface area contributed by atoms with E-state index in [0.29, 0.717) is 0 Å². The molecule has 0 aliphatic rings. The number of nitrogen functional groups attached to an aromatic ring is 1. The van der Waals surface area contributed by atoms with Crippen molar-refractivity contribution in [3.05, 3.63) is 36.4 Å². The standard InChI is InChI=1S/C11H11NO/c1-13-9-6-8-4-2-3-5-10(8)11(12)7-9/h2-7H,12H2,1H3. The van der Waals surface area contributed by atoms with E-state index in [4.69, 9.17) is 10.5 Å². The average molecular weight is 173 g/mol. The highest BCUT2D eigenvalue weighted by atomic mass is 16.5. The SMILES string of the molecule is COc1cc(N)c2ccccc2c1. The van der Waals surface area contributed by atoms with Gasteiger partial charge in [0.25, 0.3) is 0 Å². The summed E-state index contributed by atoms with van der Waals surface area (Å²) in [5, 5.41) is 2.18. The van der Waals surface area contributed by atoms with Crippen LogP contribution in [0, 0.1) is 0 Å². The molecule has 0 spiro atoms. The average Bonchev–Trinajstić information content (AvgIpc) is 2.18. The molecular weight excluding hydrogens is 162 g/mol. The summed E-state index contributed by atoms with van der Waals surface area (Å²) in [7, 11) is 1.64. The lowest BCUT2D eigenvalue weighted by Crippen LogP contribution is -1.89. The van der Waals surface area contributed by atoms with Gasteiger partial charge in [0, 0.05) is 17.1 Å². The van der Waals surface area contributed by atoms with E-state index in [-0.39, 0.29) is 0 Å². The molecule has 2 aromatic rings. The van der Waals surface area contributed by atoms with Crippen LogP contribution in [-0.4, -0.2) is 7.11 Å². The van der Waals surface area contributed by atoms with Crippen molar-refractivity contribution in [3.63, 3.8) is 0 Å². The Morgan fingerprint density at radius 2 is 1.92 bits per heavy atom. The van der Waals surface area contributed by atoms with Crippen molar-refractivity contribution in [1.29, 1.82) is 0 Å². The zero-order valence-corrected chi connectivity index (χ0v) is 7.45. The number of nitrogens with two attached hydrogens (primary N) is 1. The Hall–Kier alpha value is -1.70. The highest BCUT2D eigenvalue weighted by molar-refractivity contribution is 5.94. The third-order valence-corrected chi connectivity index (χ3v) is 2.10. The van der Waals surface area contributed by atoms with Crippen molar-refractivity contribution < 1.29 is 4.74 Å². The first-order valence-electron chi connectivity index (χ1n) is 4.13. The van der Waals surface area contributed by atoms with Gasteiger partial charge in [-0.1, -0.05) is 24.3 Å². The molecule has 0 unspecified atom stereocenters. The second-order valence-corrected chi connectivity index (χ2v) is 2.94. The summed E-state index contributed by atoms with van der Waals surface area (Å²) in [5.74, 6) is 0.802. The van der Waals surface area contributed by atoms with Gasteiger partial charge in [-0.25, -0.2) is 0 Å². The molecule has 0 fully saturated rings. The first-order valence-corrected chi connectivity index (χ1v) is 4.13. The number of hydrogen-bond donors (Lipinski definition) is 1. The lowest BCUT2D eigenvalue weighted by molar-refractivity contribution is 0.415. The summed E-state index contributed by atoms with van der Waals surface area (Å²) >= 11 is 0. The second kappa shape index (κ2) is 2.98. The first kappa shape index (κ1) is 7.92. The molecule has 0 saturated heterocycles. The molecule has 0 atom stereocenters. The monoisotopic (exact) mass is 173 g/mol. The number of fused-ring (bicyclic) bond motifs is 1. The van der Waals surface area contributed by atoms with Gasteiger partial charge in [0.1, 0.15) is 5.75 Å². The Balaban J connectivity index is 2.77. The maximum Gasteiger partial charge on any atom is 0.121 e. The Bertz CT molecular complexity index is 437. The van der Waals surface area contributed by atoms with Crippen LogP contribution in [-0.2, 0) is 0 Å². The minimum atomic E-state index is 0.759. The quantitative estimate of drug-likeness (QED) is 0.672. The van der Waals surface area contributed by atoms with Gasteiger partial charge < -0.3 is 10.5 Å². The third-order valence-electron chi connectivity index (χ3n) is 2.10. The molecule has 2 aromatic carbocycles. The number of methoxy groups -OCH3 is 1. The van der Waals surface area contributed by atoms with Crippen molar-refractivity contribution in [2.24, 2.45) is 0 Å². The fraction of sp³-hybridized carbons (Fsp3) is 0.0909. The van der Waals surface area contributed by atoms with Crippen LogP contribution in [0.1, 0.15) is 0 Å². The van der Waals surface area contributed by atoms with E-state index in [1.54, 1.807) is 7.11 Å².